The summed E-state index contributed by atoms with van der Waals surface area (Å²) < 4.78 is 5.37. The number of ether oxygens (including phenoxy) is 1. The zero-order chi connectivity index (χ0) is 20.6. The molecule has 2 N–H and O–H groups in total. The Bertz CT molecular complexity index is 989. The van der Waals surface area contributed by atoms with Crippen molar-refractivity contribution in [1.29, 1.82) is 0 Å². The number of hydrogen-bond donors (Lipinski definition) is 2. The van der Waals surface area contributed by atoms with E-state index in [1.807, 2.05) is 37.3 Å². The molecule has 6 heteroatoms. The monoisotopic (exact) mass is 408 g/mol. The average Bonchev–Trinajstić information content (AvgIpc) is 2.72. The maximum Gasteiger partial charge on any atom is 0.255 e. The molecule has 148 valence electrons. The molecule has 0 heterocycles. The minimum absolute atomic E-state index is 0.1000. The van der Waals surface area contributed by atoms with Gasteiger partial charge in [0.25, 0.3) is 5.91 Å². The fourth-order valence-corrected chi connectivity index (χ4v) is 2.98. The Morgan fingerprint density at radius 3 is 2.17 bits per heavy atom. The van der Waals surface area contributed by atoms with Crippen LogP contribution in [0, 0.1) is 0 Å². The number of halogens is 1. The number of rotatable bonds is 7. The van der Waals surface area contributed by atoms with Crippen LogP contribution in [0.2, 0.25) is 5.02 Å². The average molecular weight is 409 g/mol. The van der Waals surface area contributed by atoms with Crippen LogP contribution in [0.25, 0.3) is 0 Å². The molecule has 0 saturated heterocycles. The Morgan fingerprint density at radius 1 is 0.897 bits per heavy atom. The quantitative estimate of drug-likeness (QED) is 0.566. The molecule has 0 bridgehead atoms. The molecule has 0 aliphatic rings. The molecule has 2 amide bonds. The van der Waals surface area contributed by atoms with Crippen molar-refractivity contribution in [3.63, 3.8) is 0 Å². The molecule has 0 saturated carbocycles. The minimum atomic E-state index is -0.282. The highest BCUT2D eigenvalue weighted by Crippen LogP contribution is 2.26. The van der Waals surface area contributed by atoms with E-state index in [0.717, 1.165) is 5.56 Å². The summed E-state index contributed by atoms with van der Waals surface area (Å²) in [7, 11) is 0. The van der Waals surface area contributed by atoms with Gasteiger partial charge in [-0.3, -0.25) is 9.59 Å². The van der Waals surface area contributed by atoms with E-state index in [2.05, 4.69) is 10.6 Å². The van der Waals surface area contributed by atoms with Crippen molar-refractivity contribution in [2.75, 3.05) is 17.2 Å². The molecule has 0 unspecified atom stereocenters. The molecular formula is C23H21ClN2O3. The first kappa shape index (κ1) is 20.4. The number of carbonyl (C=O) groups is 2. The van der Waals surface area contributed by atoms with Crippen molar-refractivity contribution in [1.82, 2.24) is 0 Å². The third-order valence-corrected chi connectivity index (χ3v) is 4.42. The standard InChI is InChI=1S/C23H21ClN2O3/c1-2-29-21-13-8-17(15-20(21)24)23(28)26-19-11-9-18(10-12-19)25-22(27)14-16-6-4-3-5-7-16/h3-13,15H,2,14H2,1H3,(H,25,27)(H,26,28). The molecule has 3 aromatic rings. The van der Waals surface area contributed by atoms with Crippen molar-refractivity contribution < 1.29 is 14.3 Å². The minimum Gasteiger partial charge on any atom is -0.492 e. The van der Waals surface area contributed by atoms with E-state index in [9.17, 15) is 9.59 Å². The summed E-state index contributed by atoms with van der Waals surface area (Å²) >= 11 is 6.14. The maximum atomic E-state index is 12.4. The van der Waals surface area contributed by atoms with E-state index < -0.39 is 0 Å². The fourth-order valence-electron chi connectivity index (χ4n) is 2.74. The van der Waals surface area contributed by atoms with Gasteiger partial charge in [0.2, 0.25) is 5.91 Å². The molecule has 3 aromatic carbocycles. The number of amides is 2. The van der Waals surface area contributed by atoms with Crippen molar-refractivity contribution in [2.45, 2.75) is 13.3 Å². The third-order valence-electron chi connectivity index (χ3n) is 4.13. The van der Waals surface area contributed by atoms with E-state index in [0.29, 0.717) is 40.7 Å². The summed E-state index contributed by atoms with van der Waals surface area (Å²) in [4.78, 5) is 24.6. The van der Waals surface area contributed by atoms with E-state index in [4.69, 9.17) is 16.3 Å². The van der Waals surface area contributed by atoms with Crippen molar-refractivity contribution in [2.24, 2.45) is 0 Å². The second kappa shape index (κ2) is 9.75. The van der Waals surface area contributed by atoms with E-state index in [1.54, 1.807) is 42.5 Å². The van der Waals surface area contributed by atoms with Gasteiger partial charge in [-0.25, -0.2) is 0 Å². The summed E-state index contributed by atoms with van der Waals surface area (Å²) in [6.45, 7) is 2.37. The molecule has 0 fully saturated rings. The number of hydrogen-bond acceptors (Lipinski definition) is 3. The smallest absolute Gasteiger partial charge is 0.255 e. The zero-order valence-electron chi connectivity index (χ0n) is 15.9. The van der Waals surface area contributed by atoms with Crippen LogP contribution in [-0.4, -0.2) is 18.4 Å². The lowest BCUT2D eigenvalue weighted by Crippen LogP contribution is -2.15. The van der Waals surface area contributed by atoms with Gasteiger partial charge in [0.15, 0.2) is 0 Å². The topological polar surface area (TPSA) is 67.4 Å². The zero-order valence-corrected chi connectivity index (χ0v) is 16.7. The molecule has 0 spiro atoms. The normalized spacial score (nSPS) is 10.3. The van der Waals surface area contributed by atoms with Gasteiger partial charge in [0.1, 0.15) is 5.75 Å². The van der Waals surface area contributed by atoms with Gasteiger partial charge in [-0.05, 0) is 55.0 Å². The van der Waals surface area contributed by atoms with Gasteiger partial charge < -0.3 is 15.4 Å². The lowest BCUT2D eigenvalue weighted by Gasteiger charge is -2.10. The van der Waals surface area contributed by atoms with Crippen LogP contribution < -0.4 is 15.4 Å². The molecule has 0 radical (unpaired) electrons. The summed E-state index contributed by atoms with van der Waals surface area (Å²) in [5.74, 6) is 0.161. The van der Waals surface area contributed by atoms with Gasteiger partial charge in [0, 0.05) is 16.9 Å². The van der Waals surface area contributed by atoms with Gasteiger partial charge in [0.05, 0.1) is 18.1 Å². The molecule has 29 heavy (non-hydrogen) atoms. The highest BCUT2D eigenvalue weighted by molar-refractivity contribution is 6.32. The van der Waals surface area contributed by atoms with Crippen molar-refractivity contribution in [3.05, 3.63) is 88.9 Å². The van der Waals surface area contributed by atoms with Crippen molar-refractivity contribution in [3.8, 4) is 5.75 Å². The molecule has 0 aromatic heterocycles. The highest BCUT2D eigenvalue weighted by Gasteiger charge is 2.10. The Balaban J connectivity index is 1.58. The first-order valence-corrected chi connectivity index (χ1v) is 9.60. The van der Waals surface area contributed by atoms with Crippen LogP contribution in [0.3, 0.4) is 0 Å². The largest absolute Gasteiger partial charge is 0.492 e. The van der Waals surface area contributed by atoms with Crippen molar-refractivity contribution >= 4 is 34.8 Å². The first-order valence-electron chi connectivity index (χ1n) is 9.22. The van der Waals surface area contributed by atoms with Crippen LogP contribution in [0.4, 0.5) is 11.4 Å². The van der Waals surface area contributed by atoms with E-state index >= 15 is 0 Å². The highest BCUT2D eigenvalue weighted by atomic mass is 35.5. The summed E-state index contributed by atoms with van der Waals surface area (Å²) in [5.41, 5.74) is 2.65. The third kappa shape index (κ3) is 5.83. The van der Waals surface area contributed by atoms with Crippen LogP contribution in [-0.2, 0) is 11.2 Å². The van der Waals surface area contributed by atoms with Crippen LogP contribution in [0.1, 0.15) is 22.8 Å². The molecule has 0 aliphatic heterocycles. The van der Waals surface area contributed by atoms with Gasteiger partial charge in [-0.1, -0.05) is 41.9 Å². The lowest BCUT2D eigenvalue weighted by molar-refractivity contribution is -0.115. The molecule has 0 atom stereocenters. The van der Waals surface area contributed by atoms with Crippen LogP contribution in [0.5, 0.6) is 5.75 Å². The van der Waals surface area contributed by atoms with Gasteiger partial charge >= 0.3 is 0 Å². The summed E-state index contributed by atoms with van der Waals surface area (Å²) in [6.07, 6.45) is 0.303. The second-order valence-electron chi connectivity index (χ2n) is 6.32. The Kier molecular flexibility index (Phi) is 6.87. The maximum absolute atomic E-state index is 12.4. The summed E-state index contributed by atoms with van der Waals surface area (Å²) in [5, 5.41) is 6.04. The lowest BCUT2D eigenvalue weighted by atomic mass is 10.1. The predicted molar refractivity (Wildman–Crippen MR) is 116 cm³/mol. The van der Waals surface area contributed by atoms with Crippen LogP contribution in [0.15, 0.2) is 72.8 Å². The molecule has 3 rings (SSSR count). The second-order valence-corrected chi connectivity index (χ2v) is 6.73. The molecular weight excluding hydrogens is 388 g/mol. The first-order chi connectivity index (χ1) is 14.0. The SMILES string of the molecule is CCOc1ccc(C(=O)Nc2ccc(NC(=O)Cc3ccccc3)cc2)cc1Cl. The molecule has 5 nitrogen and oxygen atoms in total. The Hall–Kier alpha value is -3.31. The van der Waals surface area contributed by atoms with E-state index in [-0.39, 0.29) is 11.8 Å². The molecule has 0 aliphatic carbocycles. The fraction of sp³-hybridized carbons (Fsp3) is 0.130. The number of carbonyl (C=O) groups excluding carboxylic acids is 2. The van der Waals surface area contributed by atoms with Gasteiger partial charge in [-0.15, -0.1) is 0 Å². The Labute approximate surface area is 174 Å². The number of anilines is 2. The van der Waals surface area contributed by atoms with Crippen LogP contribution >= 0.6 is 11.6 Å². The van der Waals surface area contributed by atoms with E-state index in [1.165, 1.54) is 0 Å². The number of benzene rings is 3. The van der Waals surface area contributed by atoms with Gasteiger partial charge in [-0.2, -0.15) is 0 Å². The summed E-state index contributed by atoms with van der Waals surface area (Å²) in [6, 6.07) is 21.4. The number of nitrogens with one attached hydrogen (secondary N) is 2. The Morgan fingerprint density at radius 2 is 1.55 bits per heavy atom. The predicted octanol–water partition coefficient (Wildman–Crippen LogP) is 5.17.